The topological polar surface area (TPSA) is 79.3 Å². The molecule has 7 heteroatoms. The van der Waals surface area contributed by atoms with Crippen LogP contribution >= 0.6 is 0 Å². The molecule has 0 amide bonds. The van der Waals surface area contributed by atoms with Crippen molar-refractivity contribution in [3.05, 3.63) is 47.9 Å². The Balaban J connectivity index is 1.54. The van der Waals surface area contributed by atoms with E-state index < -0.39 is 0 Å². The van der Waals surface area contributed by atoms with Gasteiger partial charge < -0.3 is 4.74 Å². The smallest absolute Gasteiger partial charge is 0.159 e. The van der Waals surface area contributed by atoms with Crippen LogP contribution in [-0.4, -0.2) is 64.3 Å². The molecule has 1 N–H and O–H groups in total. The van der Waals surface area contributed by atoms with Gasteiger partial charge in [-0.1, -0.05) is 0 Å². The number of nitrogens with zero attached hydrogens (tertiary/aromatic N) is 5. The zero-order valence-corrected chi connectivity index (χ0v) is 16.2. The van der Waals surface area contributed by atoms with Gasteiger partial charge in [0.05, 0.1) is 31.1 Å². The molecule has 0 saturated carbocycles. The minimum atomic E-state index is 0.698. The lowest BCUT2D eigenvalue weighted by Gasteiger charge is -2.24. The Hall–Kier alpha value is -2.90. The summed E-state index contributed by atoms with van der Waals surface area (Å²) < 4.78 is 5.36. The molecule has 7 nitrogen and oxygen atoms in total. The van der Waals surface area contributed by atoms with Crippen molar-refractivity contribution < 1.29 is 4.74 Å². The fraction of sp³-hybridized carbons (Fsp3) is 0.333. The molecule has 4 rings (SSSR count). The highest BCUT2D eigenvalue weighted by atomic mass is 16.5. The fourth-order valence-corrected chi connectivity index (χ4v) is 3.19. The molecule has 2 aromatic heterocycles. The SMILES string of the molecule is C/C(=C\C=NCN1CCOCC1)c1n[nH]c2ccc(-c3nccc(C)n3)cc12. The van der Waals surface area contributed by atoms with Gasteiger partial charge in [0, 0.05) is 42.1 Å². The van der Waals surface area contributed by atoms with Crippen LogP contribution in [-0.2, 0) is 4.74 Å². The molecule has 1 aliphatic rings. The van der Waals surface area contributed by atoms with Crippen LogP contribution in [0.1, 0.15) is 18.3 Å². The van der Waals surface area contributed by atoms with E-state index in [1.54, 1.807) is 6.20 Å². The number of aromatic amines is 1. The second kappa shape index (κ2) is 8.41. The normalized spacial score (nSPS) is 16.3. The molecule has 3 aromatic rings. The maximum absolute atomic E-state index is 5.36. The van der Waals surface area contributed by atoms with Crippen LogP contribution in [0.3, 0.4) is 0 Å². The summed E-state index contributed by atoms with van der Waals surface area (Å²) in [6, 6.07) is 8.02. The summed E-state index contributed by atoms with van der Waals surface area (Å²) in [5.41, 5.74) is 4.89. The Bertz CT molecular complexity index is 1020. The summed E-state index contributed by atoms with van der Waals surface area (Å²) in [7, 11) is 0. The number of aromatic nitrogens is 4. The third kappa shape index (κ3) is 4.16. The second-order valence-corrected chi connectivity index (χ2v) is 6.91. The number of H-pyrrole nitrogens is 1. The average Bonchev–Trinajstić information content (AvgIpc) is 3.15. The number of aliphatic imine (C=N–C) groups is 1. The van der Waals surface area contributed by atoms with Gasteiger partial charge in [-0.05, 0) is 49.8 Å². The number of benzene rings is 1. The second-order valence-electron chi connectivity index (χ2n) is 6.91. The molecular formula is C21H24N6O. The molecule has 3 heterocycles. The first-order valence-electron chi connectivity index (χ1n) is 9.46. The Morgan fingerprint density at radius 1 is 1.29 bits per heavy atom. The molecule has 1 aliphatic heterocycles. The first-order valence-corrected chi connectivity index (χ1v) is 9.46. The van der Waals surface area contributed by atoms with E-state index in [4.69, 9.17) is 4.74 Å². The van der Waals surface area contributed by atoms with Crippen LogP contribution in [0, 0.1) is 6.92 Å². The molecule has 0 spiro atoms. The molecule has 28 heavy (non-hydrogen) atoms. The zero-order valence-electron chi connectivity index (χ0n) is 16.2. The molecule has 1 saturated heterocycles. The molecule has 0 atom stereocenters. The lowest BCUT2D eigenvalue weighted by Crippen LogP contribution is -2.36. The van der Waals surface area contributed by atoms with Gasteiger partial charge in [0.2, 0.25) is 0 Å². The van der Waals surface area contributed by atoms with Crippen molar-refractivity contribution in [2.45, 2.75) is 13.8 Å². The van der Waals surface area contributed by atoms with Gasteiger partial charge in [-0.2, -0.15) is 5.10 Å². The van der Waals surface area contributed by atoms with Crippen molar-refractivity contribution in [3.8, 4) is 11.4 Å². The van der Waals surface area contributed by atoms with E-state index in [1.807, 2.05) is 44.3 Å². The van der Waals surface area contributed by atoms with Gasteiger partial charge in [0.25, 0.3) is 0 Å². The van der Waals surface area contributed by atoms with E-state index >= 15 is 0 Å². The summed E-state index contributed by atoms with van der Waals surface area (Å²) in [6.07, 6.45) is 5.65. The maximum Gasteiger partial charge on any atom is 0.159 e. The van der Waals surface area contributed by atoms with Crippen LogP contribution < -0.4 is 0 Å². The van der Waals surface area contributed by atoms with Gasteiger partial charge in [-0.15, -0.1) is 0 Å². The molecular weight excluding hydrogens is 352 g/mol. The highest BCUT2D eigenvalue weighted by Gasteiger charge is 2.11. The number of aryl methyl sites for hydroxylation is 1. The number of hydrogen-bond donors (Lipinski definition) is 1. The molecule has 0 bridgehead atoms. The van der Waals surface area contributed by atoms with Crippen molar-refractivity contribution >= 4 is 22.7 Å². The lowest BCUT2D eigenvalue weighted by atomic mass is 10.1. The maximum atomic E-state index is 5.36. The van der Waals surface area contributed by atoms with Crippen molar-refractivity contribution in [1.29, 1.82) is 0 Å². The Kier molecular flexibility index (Phi) is 5.55. The van der Waals surface area contributed by atoms with E-state index in [1.165, 1.54) is 0 Å². The Morgan fingerprint density at radius 2 is 2.14 bits per heavy atom. The molecule has 0 unspecified atom stereocenters. The van der Waals surface area contributed by atoms with Crippen LogP contribution in [0.2, 0.25) is 0 Å². The van der Waals surface area contributed by atoms with Crippen LogP contribution in [0.5, 0.6) is 0 Å². The minimum absolute atomic E-state index is 0.698. The van der Waals surface area contributed by atoms with Gasteiger partial charge in [-0.3, -0.25) is 15.0 Å². The van der Waals surface area contributed by atoms with E-state index in [0.29, 0.717) is 6.67 Å². The van der Waals surface area contributed by atoms with Crippen LogP contribution in [0.15, 0.2) is 41.5 Å². The monoisotopic (exact) mass is 376 g/mol. The van der Waals surface area contributed by atoms with Crippen LogP contribution in [0.25, 0.3) is 27.9 Å². The molecule has 144 valence electrons. The standard InChI is InChI=1S/C21H24N6O/c1-15(5-7-22-14-27-9-11-28-12-10-27)20-18-13-17(3-4-19(18)25-26-20)21-23-8-6-16(2)24-21/h3-8,13H,9-12,14H2,1-2H3,(H,25,26)/b15-5+,22-7?. The first kappa shape index (κ1) is 18.5. The van der Waals surface area contributed by atoms with Crippen molar-refractivity contribution in [1.82, 2.24) is 25.1 Å². The number of ether oxygens (including phenoxy) is 1. The third-order valence-electron chi connectivity index (χ3n) is 4.80. The third-order valence-corrected chi connectivity index (χ3v) is 4.80. The summed E-state index contributed by atoms with van der Waals surface area (Å²) in [5.74, 6) is 0.725. The predicted molar refractivity (Wildman–Crippen MR) is 111 cm³/mol. The number of fused-ring (bicyclic) bond motifs is 1. The quantitative estimate of drug-likeness (QED) is 0.692. The van der Waals surface area contributed by atoms with Crippen molar-refractivity contribution in [2.75, 3.05) is 33.0 Å². The largest absolute Gasteiger partial charge is 0.379 e. The van der Waals surface area contributed by atoms with Gasteiger partial charge >= 0.3 is 0 Å². The Labute approximate surface area is 164 Å². The zero-order chi connectivity index (χ0) is 19.3. The van der Waals surface area contributed by atoms with Gasteiger partial charge in [0.1, 0.15) is 0 Å². The average molecular weight is 376 g/mol. The highest BCUT2D eigenvalue weighted by molar-refractivity contribution is 5.95. The number of nitrogens with one attached hydrogen (secondary N) is 1. The molecule has 1 aromatic carbocycles. The summed E-state index contributed by atoms with van der Waals surface area (Å²) in [5, 5.41) is 8.65. The van der Waals surface area contributed by atoms with E-state index in [2.05, 4.69) is 36.1 Å². The molecule has 1 fully saturated rings. The number of rotatable bonds is 5. The van der Waals surface area contributed by atoms with Crippen molar-refractivity contribution in [2.24, 2.45) is 4.99 Å². The highest BCUT2D eigenvalue weighted by Crippen LogP contribution is 2.26. The van der Waals surface area contributed by atoms with Crippen molar-refractivity contribution in [3.63, 3.8) is 0 Å². The summed E-state index contributed by atoms with van der Waals surface area (Å²) in [4.78, 5) is 15.7. The predicted octanol–water partition coefficient (Wildman–Crippen LogP) is 3.09. The lowest BCUT2D eigenvalue weighted by molar-refractivity contribution is 0.0395. The molecule has 0 radical (unpaired) electrons. The summed E-state index contributed by atoms with van der Waals surface area (Å²) >= 11 is 0. The van der Waals surface area contributed by atoms with E-state index in [9.17, 15) is 0 Å². The van der Waals surface area contributed by atoms with Gasteiger partial charge in [0.15, 0.2) is 5.82 Å². The molecule has 0 aliphatic carbocycles. The number of morpholine rings is 1. The van der Waals surface area contributed by atoms with Gasteiger partial charge in [-0.25, -0.2) is 9.97 Å². The minimum Gasteiger partial charge on any atom is -0.379 e. The summed E-state index contributed by atoms with van der Waals surface area (Å²) in [6.45, 7) is 8.17. The fourth-order valence-electron chi connectivity index (χ4n) is 3.19. The number of hydrogen-bond acceptors (Lipinski definition) is 6. The van der Waals surface area contributed by atoms with E-state index in [0.717, 1.165) is 65.6 Å². The first-order chi connectivity index (χ1) is 13.7. The Morgan fingerprint density at radius 3 is 2.96 bits per heavy atom. The van der Waals surface area contributed by atoms with Crippen LogP contribution in [0.4, 0.5) is 0 Å². The van der Waals surface area contributed by atoms with E-state index in [-0.39, 0.29) is 0 Å². The number of allylic oxidation sites excluding steroid dienone is 2.